The van der Waals surface area contributed by atoms with Gasteiger partial charge >= 0.3 is 0 Å². The smallest absolute Gasteiger partial charge is 0.0501 e. The van der Waals surface area contributed by atoms with Gasteiger partial charge in [0.1, 0.15) is 0 Å². The van der Waals surface area contributed by atoms with Crippen molar-refractivity contribution in [3.63, 3.8) is 0 Å². The average Bonchev–Trinajstić information content (AvgIpc) is 2.82. The first-order valence-electron chi connectivity index (χ1n) is 6.95. The monoisotopic (exact) mass is 263 g/mol. The molecule has 18 heavy (non-hydrogen) atoms. The summed E-state index contributed by atoms with van der Waals surface area (Å²) in [6, 6.07) is 9.59. The lowest BCUT2D eigenvalue weighted by Gasteiger charge is -2.34. The maximum atomic E-state index is 11.9. The standard InChI is InChI=1S/C15H21NOS/c1-18(17)15-8-3-2-7-13(15)14-10-9-12-6-4-5-11-16(12)14/h2-3,7-8,12,14H,4-6,9-11H2,1H3/t12-,14-,18?/m1/s1. The van der Waals surface area contributed by atoms with Crippen molar-refractivity contribution in [1.82, 2.24) is 4.90 Å². The van der Waals surface area contributed by atoms with Crippen molar-refractivity contribution in [1.29, 1.82) is 0 Å². The summed E-state index contributed by atoms with van der Waals surface area (Å²) < 4.78 is 11.9. The van der Waals surface area contributed by atoms with E-state index in [4.69, 9.17) is 0 Å². The number of benzene rings is 1. The van der Waals surface area contributed by atoms with Crippen molar-refractivity contribution in [2.45, 2.75) is 49.1 Å². The fraction of sp³-hybridized carbons (Fsp3) is 0.600. The van der Waals surface area contributed by atoms with Crippen molar-refractivity contribution in [2.24, 2.45) is 0 Å². The number of hydrogen-bond donors (Lipinski definition) is 0. The Hall–Kier alpha value is -0.670. The van der Waals surface area contributed by atoms with E-state index in [9.17, 15) is 4.21 Å². The fourth-order valence-electron chi connectivity index (χ4n) is 3.61. The van der Waals surface area contributed by atoms with Crippen LogP contribution in [0, 0.1) is 0 Å². The SMILES string of the molecule is CS(=O)c1ccccc1[C@H]1CC[C@H]2CCCCN21. The molecule has 0 N–H and O–H groups in total. The van der Waals surface area contributed by atoms with Gasteiger partial charge in [0, 0.05) is 23.2 Å². The number of piperidine rings is 1. The molecule has 2 heterocycles. The van der Waals surface area contributed by atoms with Gasteiger partial charge < -0.3 is 0 Å². The number of fused-ring (bicyclic) bond motifs is 1. The van der Waals surface area contributed by atoms with Crippen LogP contribution >= 0.6 is 0 Å². The summed E-state index contributed by atoms with van der Waals surface area (Å²) in [5, 5.41) is 0. The first-order valence-corrected chi connectivity index (χ1v) is 8.51. The van der Waals surface area contributed by atoms with Crippen LogP contribution in [-0.4, -0.2) is 28.0 Å². The molecule has 0 bridgehead atoms. The van der Waals surface area contributed by atoms with Gasteiger partial charge in [-0.15, -0.1) is 0 Å². The van der Waals surface area contributed by atoms with Crippen LogP contribution in [0.4, 0.5) is 0 Å². The van der Waals surface area contributed by atoms with Crippen molar-refractivity contribution in [3.8, 4) is 0 Å². The van der Waals surface area contributed by atoms with E-state index in [2.05, 4.69) is 17.0 Å². The van der Waals surface area contributed by atoms with Crippen LogP contribution in [0.3, 0.4) is 0 Å². The normalized spacial score (nSPS) is 30.1. The van der Waals surface area contributed by atoms with E-state index >= 15 is 0 Å². The minimum atomic E-state index is -0.875. The summed E-state index contributed by atoms with van der Waals surface area (Å²) in [5.41, 5.74) is 1.31. The maximum Gasteiger partial charge on any atom is 0.0501 e. The van der Waals surface area contributed by atoms with Crippen LogP contribution < -0.4 is 0 Å². The van der Waals surface area contributed by atoms with Gasteiger partial charge in [-0.1, -0.05) is 24.6 Å². The number of rotatable bonds is 2. The van der Waals surface area contributed by atoms with Crippen LogP contribution in [0.2, 0.25) is 0 Å². The van der Waals surface area contributed by atoms with Gasteiger partial charge in [0.15, 0.2) is 0 Å². The summed E-state index contributed by atoms with van der Waals surface area (Å²) in [4.78, 5) is 3.70. The van der Waals surface area contributed by atoms with Gasteiger partial charge in [0.25, 0.3) is 0 Å². The van der Waals surface area contributed by atoms with Crippen LogP contribution in [0.5, 0.6) is 0 Å². The molecule has 3 rings (SSSR count). The van der Waals surface area contributed by atoms with Crippen LogP contribution in [0.15, 0.2) is 29.2 Å². The zero-order valence-electron chi connectivity index (χ0n) is 11.0. The molecule has 0 radical (unpaired) electrons. The van der Waals surface area contributed by atoms with Crippen LogP contribution in [0.1, 0.15) is 43.7 Å². The Bertz CT molecular complexity index is 460. The summed E-state index contributed by atoms with van der Waals surface area (Å²) in [5.74, 6) is 0. The summed E-state index contributed by atoms with van der Waals surface area (Å²) >= 11 is 0. The van der Waals surface area contributed by atoms with Gasteiger partial charge in [-0.2, -0.15) is 0 Å². The zero-order valence-corrected chi connectivity index (χ0v) is 11.8. The van der Waals surface area contributed by atoms with Gasteiger partial charge in [0.2, 0.25) is 0 Å². The summed E-state index contributed by atoms with van der Waals surface area (Å²) in [6.07, 6.45) is 8.41. The van der Waals surface area contributed by atoms with E-state index in [1.165, 1.54) is 44.2 Å². The van der Waals surface area contributed by atoms with Gasteiger partial charge in [-0.25, -0.2) is 0 Å². The van der Waals surface area contributed by atoms with Gasteiger partial charge in [-0.3, -0.25) is 9.11 Å². The first kappa shape index (κ1) is 12.4. The Kier molecular flexibility index (Phi) is 3.53. The topological polar surface area (TPSA) is 20.3 Å². The van der Waals surface area contributed by atoms with Crippen molar-refractivity contribution in [3.05, 3.63) is 29.8 Å². The highest BCUT2D eigenvalue weighted by molar-refractivity contribution is 7.84. The molecule has 0 aliphatic carbocycles. The Morgan fingerprint density at radius 2 is 2.00 bits per heavy atom. The highest BCUT2D eigenvalue weighted by Crippen LogP contribution is 2.41. The highest BCUT2D eigenvalue weighted by Gasteiger charge is 2.36. The molecular formula is C15H21NOS. The second-order valence-corrected chi connectivity index (χ2v) is 6.82. The second-order valence-electron chi connectivity index (χ2n) is 5.47. The predicted molar refractivity (Wildman–Crippen MR) is 75.1 cm³/mol. The maximum absolute atomic E-state index is 11.9. The lowest BCUT2D eigenvalue weighted by atomic mass is 10.0. The van der Waals surface area contributed by atoms with Crippen molar-refractivity contribution in [2.75, 3.05) is 12.8 Å². The van der Waals surface area contributed by atoms with Gasteiger partial charge in [0.05, 0.1) is 10.8 Å². The third kappa shape index (κ3) is 2.14. The predicted octanol–water partition coefficient (Wildman–Crippen LogP) is 3.11. The Morgan fingerprint density at radius 1 is 1.17 bits per heavy atom. The molecule has 2 saturated heterocycles. The Balaban J connectivity index is 1.93. The van der Waals surface area contributed by atoms with Crippen LogP contribution in [0.25, 0.3) is 0 Å². The minimum Gasteiger partial charge on any atom is -0.293 e. The average molecular weight is 263 g/mol. The molecule has 3 atom stereocenters. The molecule has 2 aliphatic heterocycles. The second kappa shape index (κ2) is 5.14. The molecule has 0 aromatic heterocycles. The molecule has 2 aliphatic rings. The molecule has 0 amide bonds. The molecule has 0 spiro atoms. The van der Waals surface area contributed by atoms with E-state index in [0.717, 1.165) is 10.9 Å². The van der Waals surface area contributed by atoms with Crippen LogP contribution in [-0.2, 0) is 10.8 Å². The third-order valence-electron chi connectivity index (χ3n) is 4.43. The molecule has 2 fully saturated rings. The Morgan fingerprint density at radius 3 is 2.83 bits per heavy atom. The quantitative estimate of drug-likeness (QED) is 0.817. The van der Waals surface area contributed by atoms with E-state index in [1.807, 2.05) is 12.1 Å². The summed E-state index contributed by atoms with van der Waals surface area (Å²) in [6.45, 7) is 1.22. The lowest BCUT2D eigenvalue weighted by Crippen LogP contribution is -2.36. The molecular weight excluding hydrogens is 242 g/mol. The first-order chi connectivity index (χ1) is 8.77. The minimum absolute atomic E-state index is 0.510. The zero-order chi connectivity index (χ0) is 12.5. The van der Waals surface area contributed by atoms with E-state index < -0.39 is 10.8 Å². The molecule has 2 nitrogen and oxygen atoms in total. The van der Waals surface area contributed by atoms with E-state index in [0.29, 0.717) is 6.04 Å². The van der Waals surface area contributed by atoms with Gasteiger partial charge in [-0.05, 0) is 43.9 Å². The fourth-order valence-corrected chi connectivity index (χ4v) is 4.42. The number of nitrogens with zero attached hydrogens (tertiary/aromatic N) is 1. The Labute approximate surface area is 112 Å². The van der Waals surface area contributed by atoms with E-state index in [-0.39, 0.29) is 0 Å². The largest absolute Gasteiger partial charge is 0.293 e. The lowest BCUT2D eigenvalue weighted by molar-refractivity contribution is 0.148. The third-order valence-corrected chi connectivity index (χ3v) is 5.43. The number of hydrogen-bond acceptors (Lipinski definition) is 2. The molecule has 1 aromatic carbocycles. The molecule has 1 aromatic rings. The van der Waals surface area contributed by atoms with Crippen molar-refractivity contribution < 1.29 is 4.21 Å². The summed E-state index contributed by atoms with van der Waals surface area (Å²) in [7, 11) is -0.875. The molecule has 98 valence electrons. The van der Waals surface area contributed by atoms with Crippen molar-refractivity contribution >= 4 is 10.8 Å². The molecule has 3 heteroatoms. The highest BCUT2D eigenvalue weighted by atomic mass is 32.2. The molecule has 0 saturated carbocycles. The van der Waals surface area contributed by atoms with E-state index in [1.54, 1.807) is 6.26 Å². The molecule has 1 unspecified atom stereocenters.